The Kier molecular flexibility index (Phi) is 7.00. The molecule has 9 heteroatoms. The minimum Gasteiger partial charge on any atom is -0.464 e. The van der Waals surface area contributed by atoms with Gasteiger partial charge >= 0.3 is 12.0 Å². The number of hydrogen-bond donors (Lipinski definition) is 3. The number of nitrogens with one attached hydrogen (secondary N) is 3. The number of furan rings is 1. The first-order valence-electron chi connectivity index (χ1n) is 12.7. The average molecular weight is 530 g/mol. The van der Waals surface area contributed by atoms with E-state index in [1.807, 2.05) is 44.7 Å². The summed E-state index contributed by atoms with van der Waals surface area (Å²) in [5.41, 5.74) is 2.18. The molecule has 2 amide bonds. The van der Waals surface area contributed by atoms with Crippen LogP contribution >= 0.6 is 23.1 Å². The maximum atomic E-state index is 13.1. The van der Waals surface area contributed by atoms with Crippen molar-refractivity contribution in [3.8, 4) is 0 Å². The van der Waals surface area contributed by atoms with Crippen molar-refractivity contribution < 1.29 is 18.7 Å². The summed E-state index contributed by atoms with van der Waals surface area (Å²) in [5.74, 6) is 0.846. The van der Waals surface area contributed by atoms with Gasteiger partial charge in [-0.05, 0) is 89.6 Å². The third-order valence-electron chi connectivity index (χ3n) is 7.06. The SMILES string of the molecule is CC(C)(C)OC(=O)c1c(NC(=O)NCC2=C(c3ccco3)SC3(C)CNCCC23)sc2c1CCCC2. The van der Waals surface area contributed by atoms with Gasteiger partial charge in [-0.3, -0.25) is 5.32 Å². The van der Waals surface area contributed by atoms with Gasteiger partial charge in [-0.15, -0.1) is 23.1 Å². The third kappa shape index (κ3) is 5.10. The van der Waals surface area contributed by atoms with Crippen molar-refractivity contribution in [2.45, 2.75) is 70.1 Å². The molecule has 36 heavy (non-hydrogen) atoms. The van der Waals surface area contributed by atoms with Gasteiger partial charge in [-0.25, -0.2) is 9.59 Å². The van der Waals surface area contributed by atoms with Crippen molar-refractivity contribution >= 4 is 45.0 Å². The second-order valence-electron chi connectivity index (χ2n) is 11.0. The molecule has 5 rings (SSSR count). The largest absolute Gasteiger partial charge is 0.464 e. The molecule has 7 nitrogen and oxygen atoms in total. The van der Waals surface area contributed by atoms with Crippen LogP contribution in [0.1, 0.15) is 73.5 Å². The van der Waals surface area contributed by atoms with Crippen LogP contribution in [-0.2, 0) is 17.6 Å². The van der Waals surface area contributed by atoms with Crippen molar-refractivity contribution in [2.24, 2.45) is 5.92 Å². The second-order valence-corrected chi connectivity index (χ2v) is 13.6. The monoisotopic (exact) mass is 529 g/mol. The Hall–Kier alpha value is -2.23. The normalized spacial score (nSPS) is 23.7. The van der Waals surface area contributed by atoms with Gasteiger partial charge in [0.15, 0.2) is 0 Å². The van der Waals surface area contributed by atoms with Crippen molar-refractivity contribution in [3.05, 3.63) is 45.7 Å². The van der Waals surface area contributed by atoms with Crippen LogP contribution in [-0.4, -0.2) is 42.0 Å². The minimum absolute atomic E-state index is 0.0323. The zero-order valence-corrected chi connectivity index (χ0v) is 23.0. The molecule has 2 aromatic rings. The quantitative estimate of drug-likeness (QED) is 0.423. The maximum Gasteiger partial charge on any atom is 0.341 e. The predicted octanol–water partition coefficient (Wildman–Crippen LogP) is 5.82. The maximum absolute atomic E-state index is 13.1. The Morgan fingerprint density at radius 2 is 2.08 bits per heavy atom. The zero-order valence-electron chi connectivity index (χ0n) is 21.4. The van der Waals surface area contributed by atoms with Crippen molar-refractivity contribution in [3.63, 3.8) is 0 Å². The van der Waals surface area contributed by atoms with Gasteiger partial charge in [-0.2, -0.15) is 0 Å². The van der Waals surface area contributed by atoms with E-state index >= 15 is 0 Å². The highest BCUT2D eigenvalue weighted by Gasteiger charge is 2.47. The molecule has 1 saturated heterocycles. The molecule has 3 aliphatic rings. The predicted molar refractivity (Wildman–Crippen MR) is 146 cm³/mol. The molecule has 194 valence electrons. The molecule has 3 N–H and O–H groups in total. The summed E-state index contributed by atoms with van der Waals surface area (Å²) < 4.78 is 11.5. The van der Waals surface area contributed by atoms with Crippen LogP contribution in [0.15, 0.2) is 28.4 Å². The number of amides is 2. The van der Waals surface area contributed by atoms with Crippen LogP contribution in [0, 0.1) is 5.92 Å². The molecule has 0 aromatic carbocycles. The van der Waals surface area contributed by atoms with E-state index in [-0.39, 0.29) is 16.7 Å². The lowest BCUT2D eigenvalue weighted by atomic mass is 9.81. The number of thioether (sulfide) groups is 1. The van der Waals surface area contributed by atoms with Gasteiger partial charge in [0, 0.05) is 28.6 Å². The summed E-state index contributed by atoms with van der Waals surface area (Å²) in [6.45, 7) is 10.2. The molecular weight excluding hydrogens is 494 g/mol. The van der Waals surface area contributed by atoms with Gasteiger partial charge < -0.3 is 19.8 Å². The number of urea groups is 1. The van der Waals surface area contributed by atoms with Gasteiger partial charge in [-0.1, -0.05) is 0 Å². The van der Waals surface area contributed by atoms with Crippen LogP contribution in [0.25, 0.3) is 4.91 Å². The number of hydrogen-bond acceptors (Lipinski definition) is 7. The summed E-state index contributed by atoms with van der Waals surface area (Å²) in [7, 11) is 0. The Morgan fingerprint density at radius 3 is 2.83 bits per heavy atom. The van der Waals surface area contributed by atoms with E-state index in [0.29, 0.717) is 23.0 Å². The number of thiophene rings is 1. The van der Waals surface area contributed by atoms with E-state index in [1.165, 1.54) is 21.8 Å². The Bertz CT molecular complexity index is 1180. The van der Waals surface area contributed by atoms with Gasteiger partial charge in [0.25, 0.3) is 0 Å². The number of fused-ring (bicyclic) bond motifs is 2. The molecule has 4 heterocycles. The number of anilines is 1. The molecular formula is C27H35N3O4S2. The van der Waals surface area contributed by atoms with Gasteiger partial charge in [0.05, 0.1) is 16.7 Å². The summed E-state index contributed by atoms with van der Waals surface area (Å²) >= 11 is 3.35. The fourth-order valence-electron chi connectivity index (χ4n) is 5.46. The first-order valence-corrected chi connectivity index (χ1v) is 14.4. The van der Waals surface area contributed by atoms with E-state index in [4.69, 9.17) is 9.15 Å². The molecule has 0 spiro atoms. The molecule has 2 aromatic heterocycles. The highest BCUT2D eigenvalue weighted by atomic mass is 32.2. The Morgan fingerprint density at radius 1 is 1.28 bits per heavy atom. The molecule has 2 atom stereocenters. The fraction of sp³-hybridized carbons (Fsp3) is 0.556. The van der Waals surface area contributed by atoms with Gasteiger partial charge in [0.1, 0.15) is 16.4 Å². The molecule has 1 aliphatic carbocycles. The van der Waals surface area contributed by atoms with E-state index in [9.17, 15) is 9.59 Å². The minimum atomic E-state index is -0.601. The third-order valence-corrected chi connectivity index (χ3v) is 9.83. The zero-order chi connectivity index (χ0) is 25.5. The lowest BCUT2D eigenvalue weighted by Crippen LogP contribution is -2.47. The molecule has 0 bridgehead atoms. The summed E-state index contributed by atoms with van der Waals surface area (Å²) in [5, 5.41) is 10.2. The number of ether oxygens (including phenoxy) is 1. The van der Waals surface area contributed by atoms with Crippen LogP contribution in [0.4, 0.5) is 9.80 Å². The van der Waals surface area contributed by atoms with E-state index in [1.54, 1.807) is 6.26 Å². The standard InChI is InChI=1S/C27H35N3O4S2/c1-26(2,3)34-24(31)21-16-8-5-6-10-20(16)35-23(21)30-25(32)29-14-17-18-11-12-28-15-27(18,4)36-22(17)19-9-7-13-33-19/h7,9,13,18,28H,5-6,8,10-12,14-15H2,1-4H3,(H2,29,30,32). The van der Waals surface area contributed by atoms with Crippen LogP contribution in [0.5, 0.6) is 0 Å². The Balaban J connectivity index is 1.35. The number of rotatable bonds is 5. The average Bonchev–Trinajstić information content (AvgIpc) is 3.52. The second kappa shape index (κ2) is 9.91. The van der Waals surface area contributed by atoms with Crippen LogP contribution < -0.4 is 16.0 Å². The molecule has 0 saturated carbocycles. The highest BCUT2D eigenvalue weighted by molar-refractivity contribution is 8.09. The van der Waals surface area contributed by atoms with E-state index < -0.39 is 5.60 Å². The van der Waals surface area contributed by atoms with E-state index in [0.717, 1.165) is 61.4 Å². The number of carbonyl (C=O) groups excluding carboxylic acids is 2. The van der Waals surface area contributed by atoms with Crippen LogP contribution in [0.3, 0.4) is 0 Å². The lowest BCUT2D eigenvalue weighted by molar-refractivity contribution is 0.00699. The molecule has 1 fully saturated rings. The van der Waals surface area contributed by atoms with Crippen molar-refractivity contribution in [1.82, 2.24) is 10.6 Å². The fourth-order valence-corrected chi connectivity index (χ4v) is 8.34. The molecule has 2 unspecified atom stereocenters. The first kappa shape index (κ1) is 25.4. The number of aryl methyl sites for hydroxylation is 1. The number of carbonyl (C=O) groups is 2. The molecule has 2 aliphatic heterocycles. The first-order chi connectivity index (χ1) is 17.1. The summed E-state index contributed by atoms with van der Waals surface area (Å²) in [6.07, 6.45) is 6.64. The smallest absolute Gasteiger partial charge is 0.341 e. The lowest BCUT2D eigenvalue weighted by Gasteiger charge is -2.37. The van der Waals surface area contributed by atoms with Crippen molar-refractivity contribution in [1.29, 1.82) is 0 Å². The van der Waals surface area contributed by atoms with Crippen LogP contribution in [0.2, 0.25) is 0 Å². The summed E-state index contributed by atoms with van der Waals surface area (Å²) in [4.78, 5) is 28.6. The summed E-state index contributed by atoms with van der Waals surface area (Å²) in [6, 6.07) is 3.58. The van der Waals surface area contributed by atoms with E-state index in [2.05, 4.69) is 22.9 Å². The Labute approximate surface area is 220 Å². The number of piperidine rings is 1. The molecule has 0 radical (unpaired) electrons. The van der Waals surface area contributed by atoms with Crippen molar-refractivity contribution in [2.75, 3.05) is 25.0 Å². The topological polar surface area (TPSA) is 92.6 Å². The van der Waals surface area contributed by atoms with Gasteiger partial charge in [0.2, 0.25) is 0 Å². The highest BCUT2D eigenvalue weighted by Crippen LogP contribution is 2.56. The number of esters is 1.